The summed E-state index contributed by atoms with van der Waals surface area (Å²) in [5.74, 6) is 0.502. The molecule has 0 saturated carbocycles. The van der Waals surface area contributed by atoms with E-state index in [2.05, 4.69) is 36.4 Å². The topological polar surface area (TPSA) is 20.2 Å². The first-order valence-electron chi connectivity index (χ1n) is 7.81. The van der Waals surface area contributed by atoms with Crippen LogP contribution < -0.4 is 0 Å². The van der Waals surface area contributed by atoms with Crippen molar-refractivity contribution in [2.45, 2.75) is 38.0 Å². The zero-order valence-electron chi connectivity index (χ0n) is 12.2. The van der Waals surface area contributed by atoms with Gasteiger partial charge in [0.05, 0.1) is 0 Å². The van der Waals surface area contributed by atoms with Gasteiger partial charge in [-0.05, 0) is 47.2 Å². The van der Waals surface area contributed by atoms with Crippen LogP contribution in [0, 0.1) is 0 Å². The van der Waals surface area contributed by atoms with Gasteiger partial charge < -0.3 is 5.11 Å². The first-order valence-corrected chi connectivity index (χ1v) is 8.18. The molecule has 0 aromatic heterocycles. The Balaban J connectivity index is 1.81. The lowest BCUT2D eigenvalue weighted by Gasteiger charge is -2.13. The van der Waals surface area contributed by atoms with E-state index in [4.69, 9.17) is 16.7 Å². The number of unbranched alkanes of at least 4 members (excludes halogenated alkanes) is 3. The van der Waals surface area contributed by atoms with Gasteiger partial charge in [-0.25, -0.2) is 0 Å². The van der Waals surface area contributed by atoms with Crippen LogP contribution in [0.15, 0.2) is 42.5 Å². The Morgan fingerprint density at radius 2 is 1.62 bits per heavy atom. The number of aliphatic hydroxyl groups excluding tert-OH is 1. The van der Waals surface area contributed by atoms with E-state index in [0.29, 0.717) is 12.5 Å². The Morgan fingerprint density at radius 1 is 0.857 bits per heavy atom. The molecule has 0 radical (unpaired) electrons. The number of aliphatic hydroxyl groups is 1. The molecule has 1 aliphatic rings. The van der Waals surface area contributed by atoms with Gasteiger partial charge in [-0.1, -0.05) is 61.2 Å². The molecule has 2 heteroatoms. The molecule has 0 aliphatic heterocycles. The largest absolute Gasteiger partial charge is 0.396 e. The number of halogens is 1. The lowest BCUT2D eigenvalue weighted by Crippen LogP contribution is -1.97. The number of hydrogen-bond donors (Lipinski definition) is 1. The molecule has 0 saturated heterocycles. The van der Waals surface area contributed by atoms with E-state index in [1.807, 2.05) is 6.07 Å². The van der Waals surface area contributed by atoms with Crippen LogP contribution in [-0.4, -0.2) is 11.7 Å². The summed E-state index contributed by atoms with van der Waals surface area (Å²) in [6.45, 7) is 0.313. The second-order valence-electron chi connectivity index (χ2n) is 5.80. The lowest BCUT2D eigenvalue weighted by atomic mass is 9.91. The highest BCUT2D eigenvalue weighted by molar-refractivity contribution is 6.31. The maximum atomic E-state index is 8.85. The van der Waals surface area contributed by atoms with E-state index in [0.717, 1.165) is 17.9 Å². The standard InChI is InChI=1S/C19H21ClO/c20-14-10-11-18-16(7-3-1-2-6-12-21)15-8-4-5-9-17(15)19(18)13-14/h4-5,8-11,13,16,21H,1-3,6-7,12H2/t16-/m1/s1. The third kappa shape index (κ3) is 3.00. The molecule has 110 valence electrons. The molecule has 0 unspecified atom stereocenters. The Hall–Kier alpha value is -1.31. The Kier molecular flexibility index (Phi) is 4.62. The molecule has 1 atom stereocenters. The van der Waals surface area contributed by atoms with E-state index in [-0.39, 0.29) is 0 Å². The van der Waals surface area contributed by atoms with Crippen LogP contribution in [0.3, 0.4) is 0 Å². The smallest absolute Gasteiger partial charge is 0.0431 e. The minimum atomic E-state index is 0.313. The monoisotopic (exact) mass is 300 g/mol. The summed E-state index contributed by atoms with van der Waals surface area (Å²) in [5.41, 5.74) is 5.51. The Bertz CT molecular complexity index is 621. The summed E-state index contributed by atoms with van der Waals surface area (Å²) < 4.78 is 0. The van der Waals surface area contributed by atoms with Crippen molar-refractivity contribution in [3.05, 3.63) is 58.6 Å². The van der Waals surface area contributed by atoms with Crippen molar-refractivity contribution >= 4 is 11.6 Å². The van der Waals surface area contributed by atoms with Crippen LogP contribution >= 0.6 is 11.6 Å². The summed E-state index contributed by atoms with van der Waals surface area (Å²) in [6, 6.07) is 15.0. The van der Waals surface area contributed by atoms with E-state index < -0.39 is 0 Å². The zero-order chi connectivity index (χ0) is 14.7. The van der Waals surface area contributed by atoms with E-state index in [1.54, 1.807) is 0 Å². The van der Waals surface area contributed by atoms with Gasteiger partial charge in [0.15, 0.2) is 0 Å². The SMILES string of the molecule is OCCCCCC[C@@H]1c2ccccc2-c2cc(Cl)ccc21. The van der Waals surface area contributed by atoms with Crippen molar-refractivity contribution in [3.8, 4) is 11.1 Å². The van der Waals surface area contributed by atoms with Gasteiger partial charge in [0, 0.05) is 17.5 Å². The summed E-state index contributed by atoms with van der Waals surface area (Å²) in [4.78, 5) is 0. The van der Waals surface area contributed by atoms with Crippen LogP contribution in [0.1, 0.15) is 49.1 Å². The average Bonchev–Trinajstić information content (AvgIpc) is 2.81. The molecule has 1 N–H and O–H groups in total. The van der Waals surface area contributed by atoms with Crippen LogP contribution in [0.25, 0.3) is 11.1 Å². The van der Waals surface area contributed by atoms with Crippen LogP contribution in [0.2, 0.25) is 5.02 Å². The summed E-state index contributed by atoms with van der Waals surface area (Å²) >= 11 is 6.18. The Labute approximate surface area is 131 Å². The molecule has 1 nitrogen and oxygen atoms in total. The number of rotatable bonds is 6. The van der Waals surface area contributed by atoms with Crippen molar-refractivity contribution in [2.75, 3.05) is 6.61 Å². The second-order valence-corrected chi connectivity index (χ2v) is 6.23. The number of benzene rings is 2. The number of hydrogen-bond acceptors (Lipinski definition) is 1. The Morgan fingerprint density at radius 3 is 2.48 bits per heavy atom. The van der Waals surface area contributed by atoms with Gasteiger partial charge in [-0.15, -0.1) is 0 Å². The highest BCUT2D eigenvalue weighted by Gasteiger charge is 2.27. The fourth-order valence-corrected chi connectivity index (χ4v) is 3.58. The van der Waals surface area contributed by atoms with Gasteiger partial charge >= 0.3 is 0 Å². The minimum absolute atomic E-state index is 0.313. The van der Waals surface area contributed by atoms with E-state index >= 15 is 0 Å². The molecule has 0 heterocycles. The summed E-state index contributed by atoms with van der Waals surface area (Å²) in [5, 5.41) is 9.66. The maximum absolute atomic E-state index is 8.85. The molecule has 1 aliphatic carbocycles. The van der Waals surface area contributed by atoms with Crippen molar-refractivity contribution < 1.29 is 5.11 Å². The molecule has 0 spiro atoms. The molecule has 2 aromatic carbocycles. The van der Waals surface area contributed by atoms with Crippen molar-refractivity contribution in [3.63, 3.8) is 0 Å². The quantitative estimate of drug-likeness (QED) is 0.709. The minimum Gasteiger partial charge on any atom is -0.396 e. The molecule has 0 bridgehead atoms. The van der Waals surface area contributed by atoms with E-state index in [9.17, 15) is 0 Å². The molecule has 0 fully saturated rings. The van der Waals surface area contributed by atoms with Gasteiger partial charge in [0.1, 0.15) is 0 Å². The fraction of sp³-hybridized carbons (Fsp3) is 0.368. The molecule has 3 rings (SSSR count). The molecule has 0 amide bonds. The average molecular weight is 301 g/mol. The molecular formula is C19H21ClO. The van der Waals surface area contributed by atoms with E-state index in [1.165, 1.54) is 41.5 Å². The zero-order valence-corrected chi connectivity index (χ0v) is 12.9. The highest BCUT2D eigenvalue weighted by Crippen LogP contribution is 2.47. The van der Waals surface area contributed by atoms with Crippen LogP contribution in [-0.2, 0) is 0 Å². The normalized spacial score (nSPS) is 15.8. The highest BCUT2D eigenvalue weighted by atomic mass is 35.5. The van der Waals surface area contributed by atoms with Crippen molar-refractivity contribution in [1.29, 1.82) is 0 Å². The molecule has 21 heavy (non-hydrogen) atoms. The van der Waals surface area contributed by atoms with Gasteiger partial charge in [-0.3, -0.25) is 0 Å². The predicted octanol–water partition coefficient (Wildman–Crippen LogP) is 5.40. The summed E-state index contributed by atoms with van der Waals surface area (Å²) in [6.07, 6.45) is 5.63. The van der Waals surface area contributed by atoms with Gasteiger partial charge in [0.2, 0.25) is 0 Å². The number of fused-ring (bicyclic) bond motifs is 3. The predicted molar refractivity (Wildman–Crippen MR) is 88.9 cm³/mol. The van der Waals surface area contributed by atoms with Gasteiger partial charge in [0.25, 0.3) is 0 Å². The van der Waals surface area contributed by atoms with Gasteiger partial charge in [-0.2, -0.15) is 0 Å². The molecular weight excluding hydrogens is 280 g/mol. The second kappa shape index (κ2) is 6.64. The fourth-order valence-electron chi connectivity index (χ4n) is 3.40. The third-order valence-electron chi connectivity index (χ3n) is 4.42. The van der Waals surface area contributed by atoms with Crippen molar-refractivity contribution in [2.24, 2.45) is 0 Å². The lowest BCUT2D eigenvalue weighted by molar-refractivity contribution is 0.282. The van der Waals surface area contributed by atoms with Crippen LogP contribution in [0.4, 0.5) is 0 Å². The molecule has 2 aromatic rings. The van der Waals surface area contributed by atoms with Crippen LogP contribution in [0.5, 0.6) is 0 Å². The van der Waals surface area contributed by atoms with Crippen molar-refractivity contribution in [1.82, 2.24) is 0 Å². The third-order valence-corrected chi connectivity index (χ3v) is 4.65. The maximum Gasteiger partial charge on any atom is 0.0431 e. The first-order chi connectivity index (χ1) is 10.3. The first kappa shape index (κ1) is 14.6. The summed E-state index contributed by atoms with van der Waals surface area (Å²) in [7, 11) is 0.